The predicted molar refractivity (Wildman–Crippen MR) is 96.6 cm³/mol. The van der Waals surface area contributed by atoms with Gasteiger partial charge < -0.3 is 4.90 Å². The third-order valence-electron chi connectivity index (χ3n) is 4.04. The second-order valence-corrected chi connectivity index (χ2v) is 6.75. The van der Waals surface area contributed by atoms with Gasteiger partial charge in [0.2, 0.25) is 11.8 Å². The van der Waals surface area contributed by atoms with Gasteiger partial charge in [-0.1, -0.05) is 15.9 Å². The summed E-state index contributed by atoms with van der Waals surface area (Å²) in [4.78, 5) is 37.9. The topological polar surface area (TPSA) is 78.5 Å². The molecule has 0 spiro atoms. The van der Waals surface area contributed by atoms with E-state index >= 15 is 0 Å². The minimum atomic E-state index is -0.570. The second kappa shape index (κ2) is 7.65. The summed E-state index contributed by atoms with van der Waals surface area (Å²) in [7, 11) is 0. The van der Waals surface area contributed by atoms with Gasteiger partial charge in [0, 0.05) is 28.7 Å². The first-order valence-electron chi connectivity index (χ1n) is 7.86. The molecule has 134 valence electrons. The molecule has 0 unspecified atom stereocenters. The highest BCUT2D eigenvalue weighted by Crippen LogP contribution is 2.26. The molecule has 26 heavy (non-hydrogen) atoms. The van der Waals surface area contributed by atoms with Crippen LogP contribution in [-0.2, 0) is 9.59 Å². The first-order valence-corrected chi connectivity index (χ1v) is 8.65. The Labute approximate surface area is 157 Å². The van der Waals surface area contributed by atoms with Gasteiger partial charge in [-0.05, 0) is 48.5 Å². The first-order chi connectivity index (χ1) is 12.4. The number of rotatable bonds is 3. The van der Waals surface area contributed by atoms with Crippen molar-refractivity contribution < 1.29 is 18.8 Å². The van der Waals surface area contributed by atoms with Gasteiger partial charge in [0.25, 0.3) is 5.91 Å². The smallest absolute Gasteiger partial charge is 0.269 e. The van der Waals surface area contributed by atoms with Crippen molar-refractivity contribution in [2.45, 2.75) is 6.42 Å². The van der Waals surface area contributed by atoms with Crippen LogP contribution in [0.2, 0.25) is 0 Å². The van der Waals surface area contributed by atoms with Crippen LogP contribution in [0, 0.1) is 11.7 Å². The number of benzene rings is 2. The number of carbonyl (C=O) groups is 3. The van der Waals surface area contributed by atoms with Crippen molar-refractivity contribution in [2.24, 2.45) is 5.92 Å². The molecule has 0 aliphatic carbocycles. The summed E-state index contributed by atoms with van der Waals surface area (Å²) in [5.41, 5.74) is 5.52. The van der Waals surface area contributed by atoms with E-state index in [-0.39, 0.29) is 24.4 Å². The highest BCUT2D eigenvalue weighted by atomic mass is 79.9. The average Bonchev–Trinajstić information content (AvgIpc) is 3.02. The zero-order chi connectivity index (χ0) is 18.7. The van der Waals surface area contributed by atoms with Crippen molar-refractivity contribution in [1.29, 1.82) is 0 Å². The molecule has 3 rings (SSSR count). The average molecular weight is 420 g/mol. The fraction of sp³-hybridized carbons (Fsp3) is 0.167. The standard InChI is InChI=1S/C18H15BrFN3O3/c19-13-3-7-15(8-4-13)23-10-12(9-16(23)24)18(26)22-21-17(25)11-1-5-14(20)6-2-11/h1-8,12H,9-10H2,(H,21,25)(H,22,26)/t12-/m0/s1. The van der Waals surface area contributed by atoms with Crippen LogP contribution in [0.15, 0.2) is 53.0 Å². The Kier molecular flexibility index (Phi) is 5.32. The fourth-order valence-electron chi connectivity index (χ4n) is 2.65. The van der Waals surface area contributed by atoms with E-state index in [1.807, 2.05) is 12.1 Å². The predicted octanol–water partition coefficient (Wildman–Crippen LogP) is 2.40. The maximum absolute atomic E-state index is 12.9. The molecule has 2 N–H and O–H groups in total. The molecule has 1 aliphatic rings. The molecule has 0 aromatic heterocycles. The van der Waals surface area contributed by atoms with Crippen LogP contribution in [0.3, 0.4) is 0 Å². The highest BCUT2D eigenvalue weighted by Gasteiger charge is 2.35. The van der Waals surface area contributed by atoms with Gasteiger partial charge in [0.1, 0.15) is 5.82 Å². The first kappa shape index (κ1) is 18.1. The van der Waals surface area contributed by atoms with E-state index < -0.39 is 23.5 Å². The number of nitrogens with zero attached hydrogens (tertiary/aromatic N) is 1. The van der Waals surface area contributed by atoms with Gasteiger partial charge >= 0.3 is 0 Å². The van der Waals surface area contributed by atoms with Crippen molar-refractivity contribution >= 4 is 39.3 Å². The lowest BCUT2D eigenvalue weighted by molar-refractivity contribution is -0.126. The molecule has 8 heteroatoms. The van der Waals surface area contributed by atoms with E-state index in [1.165, 1.54) is 12.1 Å². The number of carbonyl (C=O) groups excluding carboxylic acids is 3. The Morgan fingerprint density at radius 3 is 2.35 bits per heavy atom. The third-order valence-corrected chi connectivity index (χ3v) is 4.57. The third kappa shape index (κ3) is 4.08. The molecule has 1 heterocycles. The van der Waals surface area contributed by atoms with Crippen molar-refractivity contribution in [3.63, 3.8) is 0 Å². The number of hydrogen-bond donors (Lipinski definition) is 2. The maximum atomic E-state index is 12.9. The van der Waals surface area contributed by atoms with Crippen molar-refractivity contribution in [3.05, 3.63) is 64.4 Å². The summed E-state index contributed by atoms with van der Waals surface area (Å²) in [6.07, 6.45) is 0.0638. The van der Waals surface area contributed by atoms with Crippen molar-refractivity contribution in [3.8, 4) is 0 Å². The molecule has 1 aliphatic heterocycles. The lowest BCUT2D eigenvalue weighted by Crippen LogP contribution is -2.45. The molecule has 1 fully saturated rings. The van der Waals surface area contributed by atoms with Crippen LogP contribution in [0.1, 0.15) is 16.8 Å². The van der Waals surface area contributed by atoms with Gasteiger partial charge in [0.05, 0.1) is 5.92 Å². The molecular weight excluding hydrogens is 405 g/mol. The molecular formula is C18H15BrFN3O3. The summed E-state index contributed by atoms with van der Waals surface area (Å²) in [6, 6.07) is 12.1. The van der Waals surface area contributed by atoms with Gasteiger partial charge in [-0.25, -0.2) is 4.39 Å². The van der Waals surface area contributed by atoms with Crippen LogP contribution in [0.5, 0.6) is 0 Å². The molecule has 0 bridgehead atoms. The lowest BCUT2D eigenvalue weighted by Gasteiger charge is -2.17. The number of hydrazine groups is 1. The zero-order valence-corrected chi connectivity index (χ0v) is 15.1. The van der Waals surface area contributed by atoms with Crippen molar-refractivity contribution in [1.82, 2.24) is 10.9 Å². The molecule has 3 amide bonds. The molecule has 0 radical (unpaired) electrons. The normalized spacial score (nSPS) is 16.5. The van der Waals surface area contributed by atoms with E-state index in [4.69, 9.17) is 0 Å². The van der Waals surface area contributed by atoms with E-state index in [9.17, 15) is 18.8 Å². The van der Waals surface area contributed by atoms with E-state index in [0.717, 1.165) is 16.6 Å². The fourth-order valence-corrected chi connectivity index (χ4v) is 2.91. The zero-order valence-electron chi connectivity index (χ0n) is 13.5. The molecule has 2 aromatic rings. The van der Waals surface area contributed by atoms with Gasteiger partial charge in [0.15, 0.2) is 0 Å². The Morgan fingerprint density at radius 2 is 1.69 bits per heavy atom. The summed E-state index contributed by atoms with van der Waals surface area (Å²) >= 11 is 3.33. The van der Waals surface area contributed by atoms with E-state index in [2.05, 4.69) is 26.8 Å². The Morgan fingerprint density at radius 1 is 1.04 bits per heavy atom. The number of hydrogen-bond acceptors (Lipinski definition) is 3. The van der Waals surface area contributed by atoms with Crippen LogP contribution >= 0.6 is 15.9 Å². The van der Waals surface area contributed by atoms with Gasteiger partial charge in [-0.2, -0.15) is 0 Å². The van der Waals surface area contributed by atoms with Crippen LogP contribution in [0.25, 0.3) is 0 Å². The SMILES string of the molecule is O=C(NNC(=O)[C@H]1CC(=O)N(c2ccc(Br)cc2)C1)c1ccc(F)cc1. The summed E-state index contributed by atoms with van der Waals surface area (Å²) < 4.78 is 13.8. The van der Waals surface area contributed by atoms with Crippen LogP contribution in [-0.4, -0.2) is 24.3 Å². The number of amides is 3. The lowest BCUT2D eigenvalue weighted by atomic mass is 10.1. The Balaban J connectivity index is 1.57. The van der Waals surface area contributed by atoms with E-state index in [0.29, 0.717) is 5.69 Å². The van der Waals surface area contributed by atoms with Crippen LogP contribution < -0.4 is 15.8 Å². The molecule has 0 saturated carbocycles. The number of anilines is 1. The molecule has 6 nitrogen and oxygen atoms in total. The summed E-state index contributed by atoms with van der Waals surface area (Å²) in [5.74, 6) is -2.19. The monoisotopic (exact) mass is 419 g/mol. The largest absolute Gasteiger partial charge is 0.312 e. The van der Waals surface area contributed by atoms with E-state index in [1.54, 1.807) is 17.0 Å². The molecule has 1 atom stereocenters. The van der Waals surface area contributed by atoms with Crippen molar-refractivity contribution in [2.75, 3.05) is 11.4 Å². The number of nitrogens with one attached hydrogen (secondary N) is 2. The van der Waals surface area contributed by atoms with Crippen LogP contribution in [0.4, 0.5) is 10.1 Å². The van der Waals surface area contributed by atoms with Gasteiger partial charge in [-0.15, -0.1) is 0 Å². The molecule has 1 saturated heterocycles. The second-order valence-electron chi connectivity index (χ2n) is 5.83. The highest BCUT2D eigenvalue weighted by molar-refractivity contribution is 9.10. The summed E-state index contributed by atoms with van der Waals surface area (Å²) in [6.45, 7) is 0.235. The quantitative estimate of drug-likeness (QED) is 0.749. The minimum absolute atomic E-state index is 0.0638. The maximum Gasteiger partial charge on any atom is 0.269 e. The Bertz CT molecular complexity index is 840. The number of halogens is 2. The minimum Gasteiger partial charge on any atom is -0.312 e. The molecule has 2 aromatic carbocycles. The summed E-state index contributed by atoms with van der Waals surface area (Å²) in [5, 5.41) is 0. The Hall–Kier alpha value is -2.74. The van der Waals surface area contributed by atoms with Gasteiger partial charge in [-0.3, -0.25) is 25.2 Å².